The average Bonchev–Trinajstić information content (AvgIpc) is 1.54. The molecular formula is C70H114O37. The van der Waals surface area contributed by atoms with E-state index in [4.69, 9.17) is 71.1 Å². The number of carbonyl (C=O) groups is 1. The first kappa shape index (κ1) is 83.0. The molecule has 37 nitrogen and oxygen atoms in total. The van der Waals surface area contributed by atoms with Crippen molar-refractivity contribution in [2.24, 2.45) is 50.2 Å². The van der Waals surface area contributed by atoms with Crippen LogP contribution in [0.3, 0.4) is 0 Å². The zero-order valence-electron chi connectivity index (χ0n) is 60.9. The second-order valence-corrected chi connectivity index (χ2v) is 34.5. The minimum absolute atomic E-state index is 0.0329. The molecule has 0 aromatic heterocycles. The Morgan fingerprint density at radius 3 is 1.40 bits per heavy atom. The Labute approximate surface area is 616 Å². The van der Waals surface area contributed by atoms with E-state index in [1.165, 1.54) is 0 Å². The summed E-state index contributed by atoms with van der Waals surface area (Å²) >= 11 is 0. The standard InChI is InChI=1S/C70H114O37/c1-64(2)14-15-69-34(16-64)70(107-63(69)92)13-9-33-66(5)11-10-36(65(3,4)32(66)8-12-67(33,6)68(70,7)17-35(69)77)101-61-54(105-59-49(90)45(86)40(81)28(20-73)97-59)42(83)31(24-94-61)100-62-55(106-56-46(87)37(78)25(76)23-93-56)52(41(82)29(21-74)98-62)103-60-50(91)53(104-58-48(89)44(85)39(80)27(19-72)96-58)51(30(22-75)99-60)102-57-47(88)43(84)38(79)26(18-71)95-57/h25-62,71-91H,8-24H2,1-7H3/t25-,26-,27-,28-,29-,30-,31+,32+,33-,34-,35-,36+,37+,38-,39-,40-,41-,42+,43+,44+,45+,46-,47-,48-,49-,50-,51-,52+,53-,54-,55-,56+,57+,58+,59+,60+,61+,62+,66+,67-,68+,69-,70+/m1/s1. The quantitative estimate of drug-likeness (QED) is 0.0422. The van der Waals surface area contributed by atoms with Crippen LogP contribution in [0.5, 0.6) is 0 Å². The van der Waals surface area contributed by atoms with Crippen LogP contribution < -0.4 is 0 Å². The number of carbonyl (C=O) groups excluding carboxylic acids is 1. The third-order valence-corrected chi connectivity index (χ3v) is 28.1. The molecule has 8 aliphatic heterocycles. The first-order chi connectivity index (χ1) is 50.4. The van der Waals surface area contributed by atoms with Gasteiger partial charge in [-0.1, -0.05) is 48.5 Å². The van der Waals surface area contributed by atoms with Gasteiger partial charge in [0.25, 0.3) is 0 Å². The summed E-state index contributed by atoms with van der Waals surface area (Å²) in [4.78, 5) is 14.4. The van der Waals surface area contributed by atoms with E-state index in [9.17, 15) is 112 Å². The highest BCUT2D eigenvalue weighted by Crippen LogP contribution is 2.81. The number of aliphatic hydroxyl groups excluding tert-OH is 21. The number of aliphatic hydroxyl groups is 21. The highest BCUT2D eigenvalue weighted by molar-refractivity contribution is 5.82. The van der Waals surface area contributed by atoms with E-state index in [-0.39, 0.29) is 34.6 Å². The summed E-state index contributed by atoms with van der Waals surface area (Å²) in [6.07, 6.45) is -60.6. The molecule has 0 radical (unpaired) electrons. The Balaban J connectivity index is 0.793. The van der Waals surface area contributed by atoms with E-state index >= 15 is 0 Å². The smallest absolute Gasteiger partial charge is 0.315 e. The third kappa shape index (κ3) is 13.6. The zero-order chi connectivity index (χ0) is 77.6. The van der Waals surface area contributed by atoms with Gasteiger partial charge in [-0.2, -0.15) is 0 Å². The lowest BCUT2D eigenvalue weighted by molar-refractivity contribution is -0.414. The summed E-state index contributed by atoms with van der Waals surface area (Å²) in [7, 11) is 0. The SMILES string of the molecule is CC1(C)CC[C@]23C(=O)O[C@@]4(CC[C@@H]5[C@@]6(C)CC[C@H](O[C@@H]7OC[C@H](O[C@@H]8O[C@H](CO)[C@@H](O)[C@H](O[C@@H]9O[C@H](CO)[C@@H](O[C@@H]%10O[C@H](CO)[C@@H](O)[C@H](O)[C@H]%10O)[C@H](O[C@@H]%10O[C@H](CO)[C@@H](O)[C@H](O)[C@H]%10O)[C@H]9O)[C@H]8O[C@@H]8OC[C@@H](O)[C@H](O)[C@H]8O)[C@H](O)[C@H]7O[C@@H]7O[C@H](CO)[C@@H](O)[C@H](O)[C@H]7O)C(C)(C)[C@@H]6CC[C@@]5(C)[C@]4(C)C[C@H]2O)[C@@H]3C1. The van der Waals surface area contributed by atoms with Crippen molar-refractivity contribution >= 4 is 5.97 Å². The van der Waals surface area contributed by atoms with E-state index < -0.39 is 288 Å². The van der Waals surface area contributed by atoms with Gasteiger partial charge in [-0.25, -0.2) is 0 Å². The van der Waals surface area contributed by atoms with Crippen LogP contribution in [-0.2, 0) is 75.8 Å². The molecule has 5 saturated carbocycles. The Morgan fingerprint density at radius 1 is 0.374 bits per heavy atom. The predicted octanol–water partition coefficient (Wildman–Crippen LogP) is -8.07. The normalized spacial score (nSPS) is 56.0. The van der Waals surface area contributed by atoms with Crippen LogP contribution in [0.4, 0.5) is 0 Å². The molecule has 8 saturated heterocycles. The van der Waals surface area contributed by atoms with Gasteiger partial charge in [-0.3, -0.25) is 4.79 Å². The largest absolute Gasteiger partial charge is 0.458 e. The van der Waals surface area contributed by atoms with Crippen LogP contribution in [0, 0.1) is 50.2 Å². The van der Waals surface area contributed by atoms with Gasteiger partial charge in [-0.05, 0) is 97.7 Å². The number of ether oxygens (including phenoxy) is 15. The fourth-order valence-electron chi connectivity index (χ4n) is 21.8. The maximum atomic E-state index is 14.4. The van der Waals surface area contributed by atoms with Gasteiger partial charge in [0, 0.05) is 11.3 Å². The lowest BCUT2D eigenvalue weighted by Gasteiger charge is -2.74. The fraction of sp³-hybridized carbons (Fsp3) is 0.986. The van der Waals surface area contributed by atoms with Gasteiger partial charge in [0.15, 0.2) is 44.0 Å². The number of esters is 1. The second kappa shape index (κ2) is 30.9. The molecule has 13 rings (SSSR count). The predicted molar refractivity (Wildman–Crippen MR) is 348 cm³/mol. The monoisotopic (exact) mass is 1550 g/mol. The summed E-state index contributed by atoms with van der Waals surface area (Å²) < 4.78 is 93.1. The second-order valence-electron chi connectivity index (χ2n) is 34.5. The van der Waals surface area contributed by atoms with Gasteiger partial charge in [0.1, 0.15) is 170 Å². The van der Waals surface area contributed by atoms with E-state index in [0.29, 0.717) is 38.5 Å². The minimum atomic E-state index is -2.41. The average molecular weight is 1550 g/mol. The van der Waals surface area contributed by atoms with Crippen LogP contribution in [0.15, 0.2) is 0 Å². The molecule has 5 aliphatic carbocycles. The van der Waals surface area contributed by atoms with Gasteiger partial charge >= 0.3 is 5.97 Å². The fourth-order valence-corrected chi connectivity index (χ4v) is 21.8. The summed E-state index contributed by atoms with van der Waals surface area (Å²) in [5, 5.41) is 234. The van der Waals surface area contributed by atoms with Crippen molar-refractivity contribution in [2.45, 2.75) is 333 Å². The molecule has 13 aliphatic rings. The van der Waals surface area contributed by atoms with Crippen LogP contribution in [-0.4, -0.2) is 380 Å². The summed E-state index contributed by atoms with van der Waals surface area (Å²) in [5.74, 6) is -0.370. The maximum Gasteiger partial charge on any atom is 0.315 e. The summed E-state index contributed by atoms with van der Waals surface area (Å²) in [6.45, 7) is 9.14. The van der Waals surface area contributed by atoms with Crippen LogP contribution in [0.2, 0.25) is 0 Å². The van der Waals surface area contributed by atoms with Crippen molar-refractivity contribution in [3.05, 3.63) is 0 Å². The van der Waals surface area contributed by atoms with E-state index in [1.54, 1.807) is 0 Å². The minimum Gasteiger partial charge on any atom is -0.458 e. The van der Waals surface area contributed by atoms with Crippen molar-refractivity contribution in [2.75, 3.05) is 46.2 Å². The van der Waals surface area contributed by atoms with E-state index in [1.807, 2.05) is 0 Å². The van der Waals surface area contributed by atoms with Gasteiger partial charge in [0.05, 0.1) is 58.5 Å². The van der Waals surface area contributed by atoms with Gasteiger partial charge < -0.3 is 178 Å². The van der Waals surface area contributed by atoms with Crippen LogP contribution in [0.25, 0.3) is 0 Å². The number of fused-ring (bicyclic) bond motifs is 4. The Hall–Kier alpha value is -1.93. The Bertz CT molecular complexity index is 3030. The highest BCUT2D eigenvalue weighted by atomic mass is 16.8. The molecule has 2 bridgehead atoms. The molecule has 0 unspecified atom stereocenters. The molecule has 1 spiro atoms. The van der Waals surface area contributed by atoms with Crippen LogP contribution in [0.1, 0.15) is 113 Å². The first-order valence-corrected chi connectivity index (χ1v) is 37.6. The van der Waals surface area contributed by atoms with E-state index in [2.05, 4.69) is 48.5 Å². The van der Waals surface area contributed by atoms with Crippen LogP contribution >= 0.6 is 0 Å². The number of rotatable bonds is 19. The molecule has 8 heterocycles. The number of hydrogen-bond acceptors (Lipinski definition) is 37. The molecule has 0 aromatic rings. The van der Waals surface area contributed by atoms with Crippen molar-refractivity contribution in [1.29, 1.82) is 0 Å². The first-order valence-electron chi connectivity index (χ1n) is 37.6. The van der Waals surface area contributed by atoms with Gasteiger partial charge in [0.2, 0.25) is 0 Å². The topological polar surface area (TPSA) is 580 Å². The number of hydrogen-bond donors (Lipinski definition) is 21. The molecule has 107 heavy (non-hydrogen) atoms. The summed E-state index contributed by atoms with van der Waals surface area (Å²) in [5.41, 5.74) is -3.82. The third-order valence-electron chi connectivity index (χ3n) is 28.1. The maximum absolute atomic E-state index is 14.4. The lowest BCUT2D eigenvalue weighted by Crippen LogP contribution is -2.74. The van der Waals surface area contributed by atoms with Crippen molar-refractivity contribution in [3.63, 3.8) is 0 Å². The Morgan fingerprint density at radius 2 is 0.841 bits per heavy atom. The van der Waals surface area contributed by atoms with Crippen molar-refractivity contribution < 1.29 is 183 Å². The molecule has 37 heteroatoms. The van der Waals surface area contributed by atoms with Crippen molar-refractivity contribution in [3.8, 4) is 0 Å². The molecule has 616 valence electrons. The highest BCUT2D eigenvalue weighted by Gasteiger charge is 2.83. The lowest BCUT2D eigenvalue weighted by atomic mass is 9.30. The Kier molecular flexibility index (Phi) is 24.0. The zero-order valence-corrected chi connectivity index (χ0v) is 60.9. The molecule has 21 N–H and O–H groups in total. The van der Waals surface area contributed by atoms with Gasteiger partial charge in [-0.15, -0.1) is 0 Å². The molecule has 0 aromatic carbocycles. The van der Waals surface area contributed by atoms with E-state index in [0.717, 1.165) is 25.7 Å². The molecule has 13 fully saturated rings. The van der Waals surface area contributed by atoms with Crippen molar-refractivity contribution in [1.82, 2.24) is 0 Å². The summed E-state index contributed by atoms with van der Waals surface area (Å²) in [6, 6.07) is 0. The molecular weight excluding hydrogens is 1430 g/mol. The molecule has 43 atom stereocenters. The molecule has 0 amide bonds.